The van der Waals surface area contributed by atoms with Crippen molar-refractivity contribution in [2.75, 3.05) is 26.2 Å². The van der Waals surface area contributed by atoms with E-state index in [0.29, 0.717) is 12.5 Å². The van der Waals surface area contributed by atoms with E-state index in [1.165, 1.54) is 5.56 Å². The first kappa shape index (κ1) is 13.4. The molecule has 4 nitrogen and oxygen atoms in total. The molecule has 3 fully saturated rings. The number of hydrogen-bond donors (Lipinski definition) is 1. The molecule has 0 spiro atoms. The molecule has 3 saturated heterocycles. The molecule has 20 heavy (non-hydrogen) atoms. The summed E-state index contributed by atoms with van der Waals surface area (Å²) in [5.41, 5.74) is 1.21. The van der Waals surface area contributed by atoms with Gasteiger partial charge in [0.1, 0.15) is 0 Å². The van der Waals surface area contributed by atoms with Crippen LogP contribution >= 0.6 is 0 Å². The minimum absolute atomic E-state index is 0.193. The highest BCUT2D eigenvalue weighted by molar-refractivity contribution is 5.65. The van der Waals surface area contributed by atoms with Crippen LogP contribution in [0.5, 0.6) is 0 Å². The Hall–Kier alpha value is -1.55. The van der Waals surface area contributed by atoms with Crippen LogP contribution in [0.25, 0.3) is 0 Å². The summed E-state index contributed by atoms with van der Waals surface area (Å²) >= 11 is 0. The highest BCUT2D eigenvalue weighted by Crippen LogP contribution is 2.31. The van der Waals surface area contributed by atoms with Crippen LogP contribution in [-0.4, -0.2) is 53.2 Å². The minimum atomic E-state index is -0.764. The van der Waals surface area contributed by atoms with E-state index in [9.17, 15) is 9.90 Å². The number of nitrogens with zero attached hydrogens (tertiary/aromatic N) is 2. The Bertz CT molecular complexity index is 455. The summed E-state index contributed by atoms with van der Waals surface area (Å²) in [4.78, 5) is 15.7. The molecule has 1 N–H and O–H groups in total. The molecule has 0 radical (unpaired) electrons. The van der Waals surface area contributed by atoms with E-state index in [4.69, 9.17) is 0 Å². The summed E-state index contributed by atoms with van der Waals surface area (Å²) in [6.45, 7) is 3.82. The van der Waals surface area contributed by atoms with Gasteiger partial charge in [-0.25, -0.2) is 4.79 Å². The second-order valence-electron chi connectivity index (χ2n) is 5.92. The van der Waals surface area contributed by atoms with Gasteiger partial charge in [0.15, 0.2) is 0 Å². The van der Waals surface area contributed by atoms with Crippen LogP contribution in [0.3, 0.4) is 0 Å². The van der Waals surface area contributed by atoms with Crippen molar-refractivity contribution in [1.29, 1.82) is 0 Å². The Balaban J connectivity index is 1.65. The molecule has 108 valence electrons. The van der Waals surface area contributed by atoms with Crippen LogP contribution in [0.15, 0.2) is 30.3 Å². The Morgan fingerprint density at radius 3 is 2.50 bits per heavy atom. The van der Waals surface area contributed by atoms with Gasteiger partial charge < -0.3 is 14.9 Å². The van der Waals surface area contributed by atoms with E-state index in [1.807, 2.05) is 18.2 Å². The topological polar surface area (TPSA) is 43.8 Å². The number of piperidine rings is 3. The maximum absolute atomic E-state index is 11.6. The van der Waals surface area contributed by atoms with E-state index < -0.39 is 6.09 Å². The number of hydrogen-bond acceptors (Lipinski definition) is 2. The van der Waals surface area contributed by atoms with Crippen molar-refractivity contribution in [1.82, 2.24) is 9.80 Å². The molecule has 1 amide bonds. The van der Waals surface area contributed by atoms with Gasteiger partial charge in [-0.2, -0.15) is 0 Å². The van der Waals surface area contributed by atoms with Gasteiger partial charge in [-0.15, -0.1) is 0 Å². The minimum Gasteiger partial charge on any atom is -0.465 e. The van der Waals surface area contributed by atoms with Crippen LogP contribution in [0, 0.1) is 5.92 Å². The lowest BCUT2D eigenvalue weighted by Crippen LogP contribution is -2.58. The third kappa shape index (κ3) is 2.80. The Morgan fingerprint density at radius 2 is 1.95 bits per heavy atom. The number of rotatable bonds is 4. The number of fused-ring (bicyclic) bond motifs is 3. The predicted molar refractivity (Wildman–Crippen MR) is 77.8 cm³/mol. The molecule has 3 heterocycles. The predicted octanol–water partition coefficient (Wildman–Crippen LogP) is 2.30. The Kier molecular flexibility index (Phi) is 3.92. The fourth-order valence-corrected chi connectivity index (χ4v) is 3.58. The summed E-state index contributed by atoms with van der Waals surface area (Å²) in [7, 11) is 0. The van der Waals surface area contributed by atoms with Crippen molar-refractivity contribution in [3.63, 3.8) is 0 Å². The number of benzene rings is 1. The van der Waals surface area contributed by atoms with Crippen LogP contribution in [0.1, 0.15) is 18.4 Å². The first-order chi connectivity index (χ1) is 9.74. The second kappa shape index (κ2) is 5.83. The van der Waals surface area contributed by atoms with Crippen molar-refractivity contribution < 1.29 is 9.90 Å². The fraction of sp³-hybridized carbons (Fsp3) is 0.562. The van der Waals surface area contributed by atoms with Crippen molar-refractivity contribution in [3.05, 3.63) is 35.9 Å². The van der Waals surface area contributed by atoms with Crippen LogP contribution in [0.4, 0.5) is 4.79 Å². The zero-order valence-electron chi connectivity index (χ0n) is 11.7. The van der Waals surface area contributed by atoms with E-state index >= 15 is 0 Å². The molecule has 1 aromatic carbocycles. The first-order valence-corrected chi connectivity index (χ1v) is 7.50. The Labute approximate surface area is 120 Å². The summed E-state index contributed by atoms with van der Waals surface area (Å²) < 4.78 is 0. The zero-order chi connectivity index (χ0) is 13.9. The molecule has 2 bridgehead atoms. The quantitative estimate of drug-likeness (QED) is 0.916. The van der Waals surface area contributed by atoms with Gasteiger partial charge in [0.05, 0.1) is 6.04 Å². The average molecular weight is 274 g/mol. The summed E-state index contributed by atoms with van der Waals surface area (Å²) in [5.74, 6) is 0.562. The van der Waals surface area contributed by atoms with Gasteiger partial charge in [0.25, 0.3) is 0 Å². The van der Waals surface area contributed by atoms with Gasteiger partial charge in [0.2, 0.25) is 0 Å². The normalized spacial score (nSPS) is 28.3. The van der Waals surface area contributed by atoms with E-state index in [-0.39, 0.29) is 6.04 Å². The molecule has 4 heteroatoms. The lowest BCUT2D eigenvalue weighted by molar-refractivity contribution is 0.0109. The lowest BCUT2D eigenvalue weighted by atomic mass is 9.83. The molecule has 0 aromatic heterocycles. The summed E-state index contributed by atoms with van der Waals surface area (Å²) in [6, 6.07) is 10.3. The van der Waals surface area contributed by atoms with Crippen molar-refractivity contribution in [2.24, 2.45) is 5.92 Å². The highest BCUT2D eigenvalue weighted by atomic mass is 16.4. The smallest absolute Gasteiger partial charge is 0.407 e. The van der Waals surface area contributed by atoms with E-state index in [2.05, 4.69) is 17.0 Å². The third-order valence-corrected chi connectivity index (χ3v) is 4.75. The Morgan fingerprint density at radius 1 is 1.25 bits per heavy atom. The molecule has 3 aliphatic heterocycles. The molecule has 1 aromatic rings. The van der Waals surface area contributed by atoms with E-state index in [1.54, 1.807) is 4.90 Å². The average Bonchev–Trinajstić information content (AvgIpc) is 2.49. The van der Waals surface area contributed by atoms with Crippen LogP contribution in [0.2, 0.25) is 0 Å². The summed E-state index contributed by atoms with van der Waals surface area (Å²) in [6.07, 6.45) is 2.34. The van der Waals surface area contributed by atoms with Crippen LogP contribution in [-0.2, 0) is 6.42 Å². The van der Waals surface area contributed by atoms with Gasteiger partial charge in [-0.3, -0.25) is 0 Å². The number of carboxylic acid groups (broad SMARTS) is 1. The van der Waals surface area contributed by atoms with Gasteiger partial charge in [-0.1, -0.05) is 30.3 Å². The highest BCUT2D eigenvalue weighted by Gasteiger charge is 2.39. The maximum atomic E-state index is 11.6. The van der Waals surface area contributed by atoms with Crippen molar-refractivity contribution in [3.8, 4) is 0 Å². The fourth-order valence-electron chi connectivity index (χ4n) is 3.58. The second-order valence-corrected chi connectivity index (χ2v) is 5.92. The lowest BCUT2D eigenvalue weighted by Gasteiger charge is -2.48. The zero-order valence-corrected chi connectivity index (χ0v) is 11.7. The molecule has 0 aliphatic carbocycles. The molecule has 0 unspecified atom stereocenters. The number of amides is 1. The molecule has 3 aliphatic rings. The van der Waals surface area contributed by atoms with Crippen LogP contribution < -0.4 is 0 Å². The van der Waals surface area contributed by atoms with Crippen molar-refractivity contribution in [2.45, 2.75) is 25.3 Å². The van der Waals surface area contributed by atoms with Crippen molar-refractivity contribution >= 4 is 6.09 Å². The van der Waals surface area contributed by atoms with E-state index in [0.717, 1.165) is 38.9 Å². The van der Waals surface area contributed by atoms with Gasteiger partial charge in [-0.05, 0) is 43.8 Å². The standard InChI is InChI=1S/C16H22N2O2/c19-16(20)18(11-6-13-4-2-1-3-5-13)15-12-17-9-7-14(15)8-10-17/h1-5,14-15H,6-12H2,(H,19,20)/t15-/m0/s1. The third-order valence-electron chi connectivity index (χ3n) is 4.75. The monoisotopic (exact) mass is 274 g/mol. The number of carbonyl (C=O) groups is 1. The molecule has 4 rings (SSSR count). The summed E-state index contributed by atoms with van der Waals surface area (Å²) in [5, 5.41) is 9.54. The first-order valence-electron chi connectivity index (χ1n) is 7.50. The van der Waals surface area contributed by atoms with Gasteiger partial charge in [0, 0.05) is 13.1 Å². The molecular formula is C16H22N2O2. The molecular weight excluding hydrogens is 252 g/mol. The largest absolute Gasteiger partial charge is 0.465 e. The van der Waals surface area contributed by atoms with Gasteiger partial charge >= 0.3 is 6.09 Å². The maximum Gasteiger partial charge on any atom is 0.407 e. The molecule has 0 saturated carbocycles. The SMILES string of the molecule is O=C(O)N(CCc1ccccc1)[C@H]1CN2CCC1CC2. The molecule has 1 atom stereocenters.